The van der Waals surface area contributed by atoms with Crippen LogP contribution in [0.4, 0.5) is 22.0 Å². The van der Waals surface area contributed by atoms with Gasteiger partial charge in [-0.3, -0.25) is 24.0 Å². The number of alkyl halides is 5. The molecule has 2 saturated heterocycles. The fourth-order valence-electron chi connectivity index (χ4n) is 7.69. The largest absolute Gasteiger partial charge is 0.463 e. The average molecular weight is 620 g/mol. The number of amides is 5. The van der Waals surface area contributed by atoms with Gasteiger partial charge in [0.15, 0.2) is 0 Å². The second-order valence-electron chi connectivity index (χ2n) is 12.3. The van der Waals surface area contributed by atoms with E-state index in [-0.39, 0.29) is 24.8 Å². The molecule has 2 heterocycles. The Bertz CT molecular complexity index is 1240. The average Bonchev–Trinajstić information content (AvgIpc) is 3.24. The van der Waals surface area contributed by atoms with Crippen molar-refractivity contribution < 1.29 is 50.7 Å². The van der Waals surface area contributed by atoms with E-state index in [1.807, 2.05) is 12.2 Å². The van der Waals surface area contributed by atoms with Gasteiger partial charge in [0.1, 0.15) is 11.6 Å². The van der Waals surface area contributed by atoms with Crippen molar-refractivity contribution in [2.24, 2.45) is 47.0 Å². The predicted octanol–water partition coefficient (Wildman–Crippen LogP) is 0.369. The molecule has 43 heavy (non-hydrogen) atoms. The van der Waals surface area contributed by atoms with Gasteiger partial charge >= 0.3 is 18.0 Å². The molecule has 2 bridgehead atoms. The van der Waals surface area contributed by atoms with E-state index in [0.29, 0.717) is 32.2 Å². The summed E-state index contributed by atoms with van der Waals surface area (Å²) in [6.45, 7) is 1.32. The number of halogens is 5. The molecular formula is C27H34F5N5O6. The Morgan fingerprint density at radius 1 is 1.12 bits per heavy atom. The van der Waals surface area contributed by atoms with Crippen molar-refractivity contribution in [2.75, 3.05) is 13.1 Å². The molecule has 238 valence electrons. The molecule has 4 fully saturated rings. The first-order valence-corrected chi connectivity index (χ1v) is 14.3. The van der Waals surface area contributed by atoms with Gasteiger partial charge in [0, 0.05) is 24.9 Å². The molecule has 0 spiro atoms. The monoisotopic (exact) mass is 619 g/mol. The summed E-state index contributed by atoms with van der Waals surface area (Å²) in [6.07, 6.45) is -2.61. The van der Waals surface area contributed by atoms with Crippen LogP contribution in [0.2, 0.25) is 0 Å². The van der Waals surface area contributed by atoms with E-state index in [0.717, 1.165) is 4.90 Å². The highest BCUT2D eigenvalue weighted by Crippen LogP contribution is 2.60. The summed E-state index contributed by atoms with van der Waals surface area (Å²) in [5.74, 6) is -16.3. The molecule has 0 aromatic heterocycles. The molecule has 0 aromatic rings. The summed E-state index contributed by atoms with van der Waals surface area (Å²) < 4.78 is 73.0. The minimum atomic E-state index is -6.25. The Morgan fingerprint density at radius 3 is 2.30 bits per heavy atom. The van der Waals surface area contributed by atoms with Crippen molar-refractivity contribution in [3.05, 3.63) is 12.2 Å². The first-order chi connectivity index (χ1) is 20.0. The lowest BCUT2D eigenvalue weighted by Crippen LogP contribution is -2.70. The molecule has 2 aliphatic heterocycles. The smallest absolute Gasteiger partial charge is 0.373 e. The number of nitrogens with two attached hydrogens (primary N) is 2. The lowest BCUT2D eigenvalue weighted by atomic mass is 9.64. The summed E-state index contributed by atoms with van der Waals surface area (Å²) in [4.78, 5) is 66.9. The van der Waals surface area contributed by atoms with Crippen LogP contribution in [0.15, 0.2) is 12.2 Å². The zero-order valence-electron chi connectivity index (χ0n) is 23.2. The van der Waals surface area contributed by atoms with Gasteiger partial charge in [-0.2, -0.15) is 22.0 Å². The Morgan fingerprint density at radius 2 is 1.77 bits per heavy atom. The van der Waals surface area contributed by atoms with Crippen LogP contribution in [-0.4, -0.2) is 83.4 Å². The zero-order valence-corrected chi connectivity index (χ0v) is 23.2. The highest BCUT2D eigenvalue weighted by atomic mass is 19.4. The second-order valence-corrected chi connectivity index (χ2v) is 12.3. The molecule has 6 N–H and O–H groups in total. The van der Waals surface area contributed by atoms with Crippen molar-refractivity contribution in [1.29, 1.82) is 0 Å². The second kappa shape index (κ2) is 10.7. The van der Waals surface area contributed by atoms with Gasteiger partial charge in [-0.05, 0) is 56.8 Å². The van der Waals surface area contributed by atoms with Gasteiger partial charge in [-0.1, -0.05) is 12.2 Å². The van der Waals surface area contributed by atoms with Crippen molar-refractivity contribution in [1.82, 2.24) is 15.5 Å². The summed E-state index contributed by atoms with van der Waals surface area (Å²) >= 11 is 0. The Kier molecular flexibility index (Phi) is 7.75. The van der Waals surface area contributed by atoms with Crippen LogP contribution >= 0.6 is 0 Å². The molecule has 11 nitrogen and oxygen atoms in total. The molecule has 0 radical (unpaired) electrons. The molecule has 5 aliphatic rings. The molecule has 5 amide bonds. The van der Waals surface area contributed by atoms with Gasteiger partial charge in [0.05, 0.1) is 18.1 Å². The Balaban J connectivity index is 1.58. The molecule has 16 heteroatoms. The number of primary amides is 2. The van der Waals surface area contributed by atoms with Crippen LogP contribution in [0, 0.1) is 35.5 Å². The standard InChI is InChI=1S/C27H34F5N5O6/c1-11(43-15-4-5-15)19(36-24(42)26(28,29)27(30,31)32)22(40)37-10-16-12-2-3-13(8-12)18(16)25(37,23(34)41)17(20(33)38)9-14-6-7-35-21(14)39/h2-3,11-19H,4-10H2,1H3,(H2,33,38)(H2,34,41)(H,35,39)(H,36,42)/t11-,12?,13?,14-,16?,17-,18?,19+,25?/m1/s1. The molecule has 2 saturated carbocycles. The number of fused-ring (bicyclic) bond motifs is 5. The minimum Gasteiger partial charge on any atom is -0.373 e. The number of nitrogens with zero attached hydrogens (tertiary/aromatic N) is 1. The minimum absolute atomic E-state index is 0.141. The summed E-state index contributed by atoms with van der Waals surface area (Å²) in [7, 11) is 0. The number of hydrogen-bond donors (Lipinski definition) is 4. The van der Waals surface area contributed by atoms with Crippen LogP contribution in [0.5, 0.6) is 0 Å². The van der Waals surface area contributed by atoms with Gasteiger partial charge in [0.25, 0.3) is 0 Å². The zero-order chi connectivity index (χ0) is 31.6. The normalized spacial score (nSPS) is 33.6. The highest BCUT2D eigenvalue weighted by Gasteiger charge is 2.71. The maximum absolute atomic E-state index is 14.4. The Hall–Kier alpha value is -3.30. The van der Waals surface area contributed by atoms with E-state index in [2.05, 4.69) is 5.32 Å². The molecular weight excluding hydrogens is 585 g/mol. The summed E-state index contributed by atoms with van der Waals surface area (Å²) in [6, 6.07) is -2.10. The number of likely N-dealkylation sites (tertiary alicyclic amines) is 1. The molecule has 9 atom stereocenters. The van der Waals surface area contributed by atoms with Crippen molar-refractivity contribution in [3.63, 3.8) is 0 Å². The quantitative estimate of drug-likeness (QED) is 0.192. The summed E-state index contributed by atoms with van der Waals surface area (Å²) in [5.41, 5.74) is 9.73. The third-order valence-electron chi connectivity index (χ3n) is 9.78. The molecule has 3 aliphatic carbocycles. The third-order valence-corrected chi connectivity index (χ3v) is 9.78. The van der Waals surface area contributed by atoms with Gasteiger partial charge in [-0.15, -0.1) is 0 Å². The number of hydrogen-bond acceptors (Lipinski definition) is 6. The van der Waals surface area contributed by atoms with E-state index in [9.17, 15) is 45.9 Å². The number of carbonyl (C=O) groups is 5. The van der Waals surface area contributed by atoms with E-state index >= 15 is 0 Å². The fraction of sp³-hybridized carbons (Fsp3) is 0.741. The lowest BCUT2D eigenvalue weighted by molar-refractivity contribution is -0.270. The topological polar surface area (TPSA) is 174 Å². The Labute approximate surface area is 243 Å². The van der Waals surface area contributed by atoms with Crippen LogP contribution in [0.3, 0.4) is 0 Å². The van der Waals surface area contributed by atoms with Gasteiger partial charge in [-0.25, -0.2) is 0 Å². The maximum atomic E-state index is 14.4. The fourth-order valence-corrected chi connectivity index (χ4v) is 7.69. The summed E-state index contributed by atoms with van der Waals surface area (Å²) in [5, 5.41) is 4.16. The first kappa shape index (κ1) is 31.1. The van der Waals surface area contributed by atoms with Gasteiger partial charge < -0.3 is 31.7 Å². The van der Waals surface area contributed by atoms with E-state index in [1.165, 1.54) is 12.2 Å². The maximum Gasteiger partial charge on any atom is 0.463 e. The predicted molar refractivity (Wildman–Crippen MR) is 136 cm³/mol. The molecule has 5 unspecified atom stereocenters. The third kappa shape index (κ3) is 5.04. The van der Waals surface area contributed by atoms with Crippen LogP contribution in [-0.2, 0) is 28.7 Å². The van der Waals surface area contributed by atoms with Gasteiger partial charge in [0.2, 0.25) is 23.6 Å². The van der Waals surface area contributed by atoms with Crippen molar-refractivity contribution in [3.8, 4) is 0 Å². The number of rotatable bonds is 11. The number of carbonyl (C=O) groups excluding carboxylic acids is 5. The van der Waals surface area contributed by atoms with E-state index in [1.54, 1.807) is 0 Å². The van der Waals surface area contributed by atoms with Crippen LogP contribution in [0.25, 0.3) is 0 Å². The van der Waals surface area contributed by atoms with Crippen molar-refractivity contribution in [2.45, 2.75) is 74.9 Å². The SMILES string of the molecule is C[C@@H](OC1CC1)[C@H](NC(=O)C(F)(F)C(F)(F)F)C(=O)N1CC2C3C=CC(C3)C2C1(C(N)=O)[C@H](C[C@H]1CCNC1=O)C(N)=O. The lowest BCUT2D eigenvalue weighted by Gasteiger charge is -2.47. The number of ether oxygens (including phenoxy) is 1. The van der Waals surface area contributed by atoms with E-state index < -0.39 is 89.1 Å². The number of allylic oxidation sites excluding steroid dienone is 2. The first-order valence-electron chi connectivity index (χ1n) is 14.3. The molecule has 0 aromatic carbocycles. The van der Waals surface area contributed by atoms with Crippen molar-refractivity contribution >= 4 is 29.5 Å². The highest BCUT2D eigenvalue weighted by molar-refractivity contribution is 6.00. The van der Waals surface area contributed by atoms with Crippen LogP contribution < -0.4 is 22.1 Å². The van der Waals surface area contributed by atoms with Crippen LogP contribution in [0.1, 0.15) is 39.0 Å². The van der Waals surface area contributed by atoms with E-state index in [4.69, 9.17) is 16.2 Å². The molecule has 5 rings (SSSR count). The number of nitrogens with one attached hydrogen (secondary N) is 2.